The zero-order valence-electron chi connectivity index (χ0n) is 22.3. The van der Waals surface area contributed by atoms with Crippen LogP contribution in [0.5, 0.6) is 11.5 Å². The first-order valence-corrected chi connectivity index (χ1v) is 13.0. The van der Waals surface area contributed by atoms with Crippen molar-refractivity contribution < 1.29 is 36.2 Å². The molecule has 11 heteroatoms. The molecule has 1 aromatic heterocycles. The maximum absolute atomic E-state index is 15.3. The number of alkyl halides is 3. The third-order valence-electron chi connectivity index (χ3n) is 7.12. The lowest BCUT2D eigenvalue weighted by atomic mass is 9.87. The number of carbonyl (C=O) groups excluding carboxylic acids is 1. The monoisotopic (exact) mass is 588 g/mol. The van der Waals surface area contributed by atoms with Crippen molar-refractivity contribution in [1.82, 2.24) is 9.88 Å². The van der Waals surface area contributed by atoms with Gasteiger partial charge in [0.2, 0.25) is 11.8 Å². The molecule has 0 fully saturated rings. The lowest BCUT2D eigenvalue weighted by molar-refractivity contribution is -0.137. The second kappa shape index (κ2) is 11.1. The Morgan fingerprint density at radius 3 is 2.49 bits per heavy atom. The van der Waals surface area contributed by atoms with E-state index in [9.17, 15) is 18.0 Å². The van der Waals surface area contributed by atoms with E-state index in [4.69, 9.17) is 25.5 Å². The average Bonchev–Trinajstić information content (AvgIpc) is 3.31. The topological polar surface area (TPSA) is 64.8 Å². The minimum Gasteiger partial charge on any atom is -0.493 e. The Morgan fingerprint density at radius 2 is 1.80 bits per heavy atom. The second-order valence-corrected chi connectivity index (χ2v) is 9.97. The summed E-state index contributed by atoms with van der Waals surface area (Å²) in [6, 6.07) is 11.6. The van der Waals surface area contributed by atoms with Crippen molar-refractivity contribution in [2.45, 2.75) is 32.0 Å². The number of aromatic nitrogens is 1. The highest BCUT2D eigenvalue weighted by Gasteiger charge is 2.37. The van der Waals surface area contributed by atoms with Crippen LogP contribution in [-0.4, -0.2) is 36.6 Å². The lowest BCUT2D eigenvalue weighted by Crippen LogP contribution is -2.42. The van der Waals surface area contributed by atoms with Gasteiger partial charge in [0.1, 0.15) is 11.6 Å². The molecule has 0 aliphatic carbocycles. The van der Waals surface area contributed by atoms with Crippen LogP contribution in [0.3, 0.4) is 0 Å². The van der Waals surface area contributed by atoms with Crippen molar-refractivity contribution in [1.29, 1.82) is 0 Å². The van der Waals surface area contributed by atoms with Crippen LogP contribution < -0.4 is 9.47 Å². The van der Waals surface area contributed by atoms with Gasteiger partial charge < -0.3 is 18.8 Å². The van der Waals surface area contributed by atoms with Crippen LogP contribution in [-0.2, 0) is 23.8 Å². The number of benzene rings is 3. The molecule has 2 heterocycles. The van der Waals surface area contributed by atoms with Crippen LogP contribution in [0.25, 0.3) is 11.5 Å². The average molecular weight is 589 g/mol. The van der Waals surface area contributed by atoms with Gasteiger partial charge in [-0.05, 0) is 66.9 Å². The highest BCUT2D eigenvalue weighted by Crippen LogP contribution is 2.44. The third kappa shape index (κ3) is 5.48. The van der Waals surface area contributed by atoms with Gasteiger partial charge in [0.15, 0.2) is 11.5 Å². The van der Waals surface area contributed by atoms with Gasteiger partial charge in [0.25, 0.3) is 0 Å². The molecule has 0 saturated heterocycles. The largest absolute Gasteiger partial charge is 0.493 e. The number of nitrogens with zero attached hydrogens (tertiary/aromatic N) is 2. The fourth-order valence-electron chi connectivity index (χ4n) is 5.09. The van der Waals surface area contributed by atoms with E-state index in [2.05, 4.69) is 4.98 Å². The summed E-state index contributed by atoms with van der Waals surface area (Å²) in [7, 11) is 3.00. The molecule has 4 aromatic rings. The number of rotatable bonds is 6. The van der Waals surface area contributed by atoms with Gasteiger partial charge >= 0.3 is 6.18 Å². The SMILES string of the molecule is COc1cc2c(cc1OC)[C@@H](c1c(F)cccc1Cl)N(C(=O)Cc1nc(-c3cccc(C(F)(F)F)c3)oc1C)CC2. The first kappa shape index (κ1) is 28.5. The molecule has 0 bridgehead atoms. The van der Waals surface area contributed by atoms with Crippen molar-refractivity contribution in [3.63, 3.8) is 0 Å². The Morgan fingerprint density at radius 1 is 1.10 bits per heavy atom. The minimum atomic E-state index is -4.53. The minimum absolute atomic E-state index is 0.0362. The van der Waals surface area contributed by atoms with Crippen molar-refractivity contribution >= 4 is 17.5 Å². The fourth-order valence-corrected chi connectivity index (χ4v) is 5.35. The Kier molecular flexibility index (Phi) is 7.70. The number of oxazole rings is 1. The Bertz CT molecular complexity index is 1600. The number of amides is 1. The summed E-state index contributed by atoms with van der Waals surface area (Å²) in [5.74, 6) is 0.205. The van der Waals surface area contributed by atoms with E-state index in [-0.39, 0.29) is 52.4 Å². The normalized spacial score (nSPS) is 15.0. The molecule has 0 saturated carbocycles. The van der Waals surface area contributed by atoms with Crippen molar-refractivity contribution in [3.05, 3.63) is 99.1 Å². The molecule has 1 aliphatic rings. The number of halogens is 5. The van der Waals surface area contributed by atoms with E-state index in [0.717, 1.165) is 17.7 Å². The van der Waals surface area contributed by atoms with E-state index < -0.39 is 23.6 Å². The Balaban J connectivity index is 1.52. The molecule has 0 spiro atoms. The maximum Gasteiger partial charge on any atom is 0.416 e. The van der Waals surface area contributed by atoms with Crippen molar-refractivity contribution in [2.24, 2.45) is 0 Å². The maximum atomic E-state index is 15.3. The predicted octanol–water partition coefficient (Wildman–Crippen LogP) is 7.20. The van der Waals surface area contributed by atoms with Crippen LogP contribution in [0.1, 0.15) is 39.7 Å². The molecule has 1 aliphatic heterocycles. The Hall–Kier alpha value is -4.05. The zero-order chi connectivity index (χ0) is 29.5. The highest BCUT2D eigenvalue weighted by atomic mass is 35.5. The summed E-state index contributed by atoms with van der Waals surface area (Å²) in [6.07, 6.45) is -4.30. The molecule has 5 rings (SSSR count). The van der Waals surface area contributed by atoms with Gasteiger partial charge in [-0.3, -0.25) is 4.79 Å². The van der Waals surface area contributed by atoms with Gasteiger partial charge in [0, 0.05) is 22.7 Å². The van der Waals surface area contributed by atoms with Crippen LogP contribution in [0.15, 0.2) is 59.0 Å². The van der Waals surface area contributed by atoms with Gasteiger partial charge in [-0.1, -0.05) is 23.7 Å². The second-order valence-electron chi connectivity index (χ2n) is 9.56. The summed E-state index contributed by atoms with van der Waals surface area (Å²) >= 11 is 6.49. The van der Waals surface area contributed by atoms with E-state index in [1.807, 2.05) is 0 Å². The zero-order valence-corrected chi connectivity index (χ0v) is 23.1. The number of fused-ring (bicyclic) bond motifs is 1. The van der Waals surface area contributed by atoms with Crippen LogP contribution in [0.2, 0.25) is 5.02 Å². The molecular formula is C30H25ClF4N2O4. The molecule has 1 atom stereocenters. The number of hydrogen-bond donors (Lipinski definition) is 0. The molecule has 0 N–H and O–H groups in total. The van der Waals surface area contributed by atoms with E-state index in [1.54, 1.807) is 25.1 Å². The van der Waals surface area contributed by atoms with Crippen LogP contribution in [0, 0.1) is 12.7 Å². The molecule has 0 radical (unpaired) electrons. The van der Waals surface area contributed by atoms with Gasteiger partial charge in [-0.25, -0.2) is 9.37 Å². The van der Waals surface area contributed by atoms with E-state index in [1.165, 1.54) is 43.4 Å². The number of hydrogen-bond acceptors (Lipinski definition) is 5. The van der Waals surface area contributed by atoms with Crippen molar-refractivity contribution in [3.8, 4) is 23.0 Å². The molecule has 214 valence electrons. The predicted molar refractivity (Wildman–Crippen MR) is 144 cm³/mol. The standard InChI is InChI=1S/C30H25ClF4N2O4/c1-16-23(36-29(41-16)18-6-4-7-19(12-18)30(33,34)35)15-26(38)37-11-10-17-13-24(39-2)25(40-3)14-20(17)28(37)27-21(31)8-5-9-22(27)32/h4-9,12-14,28H,10-11,15H2,1-3H3/t28-/m0/s1. The number of carbonyl (C=O) groups is 1. The van der Waals surface area contributed by atoms with Gasteiger partial charge in [0.05, 0.1) is 37.9 Å². The fraction of sp³-hybridized carbons (Fsp3) is 0.267. The number of methoxy groups -OCH3 is 2. The highest BCUT2D eigenvalue weighted by molar-refractivity contribution is 6.31. The lowest BCUT2D eigenvalue weighted by Gasteiger charge is -2.38. The molecule has 0 unspecified atom stereocenters. The summed E-state index contributed by atoms with van der Waals surface area (Å²) in [4.78, 5) is 19.7. The van der Waals surface area contributed by atoms with Gasteiger partial charge in [-0.15, -0.1) is 0 Å². The summed E-state index contributed by atoms with van der Waals surface area (Å²) in [5.41, 5.74) is 1.17. The molecule has 3 aromatic carbocycles. The van der Waals surface area contributed by atoms with Crippen LogP contribution >= 0.6 is 11.6 Å². The van der Waals surface area contributed by atoms with Crippen molar-refractivity contribution in [2.75, 3.05) is 20.8 Å². The van der Waals surface area contributed by atoms with Crippen LogP contribution in [0.4, 0.5) is 17.6 Å². The number of ether oxygens (including phenoxy) is 2. The smallest absolute Gasteiger partial charge is 0.416 e. The van der Waals surface area contributed by atoms with E-state index >= 15 is 4.39 Å². The summed E-state index contributed by atoms with van der Waals surface area (Å²) in [5, 5.41) is 0.153. The third-order valence-corrected chi connectivity index (χ3v) is 7.44. The molecule has 6 nitrogen and oxygen atoms in total. The first-order chi connectivity index (χ1) is 19.5. The Labute approximate surface area is 238 Å². The molecular weight excluding hydrogens is 564 g/mol. The quantitative estimate of drug-likeness (QED) is 0.223. The first-order valence-electron chi connectivity index (χ1n) is 12.6. The van der Waals surface area contributed by atoms with E-state index in [0.29, 0.717) is 23.5 Å². The summed E-state index contributed by atoms with van der Waals surface area (Å²) < 4.78 is 71.5. The molecule has 41 heavy (non-hydrogen) atoms. The molecule has 1 amide bonds. The summed E-state index contributed by atoms with van der Waals surface area (Å²) in [6.45, 7) is 1.83. The number of aryl methyl sites for hydroxylation is 1. The van der Waals surface area contributed by atoms with Gasteiger partial charge in [-0.2, -0.15) is 13.2 Å².